The molecule has 1 aromatic carbocycles. The lowest BCUT2D eigenvalue weighted by Crippen LogP contribution is -2.42. The highest BCUT2D eigenvalue weighted by molar-refractivity contribution is 5.49. The number of hydrogen-bond acceptors (Lipinski definition) is 2. The number of benzene rings is 1. The average molecular weight is 276 g/mol. The van der Waals surface area contributed by atoms with Crippen molar-refractivity contribution >= 4 is 5.69 Å². The summed E-state index contributed by atoms with van der Waals surface area (Å²) in [4.78, 5) is 2.26. The van der Waals surface area contributed by atoms with E-state index in [4.69, 9.17) is 5.73 Å². The van der Waals surface area contributed by atoms with Crippen LogP contribution in [0.5, 0.6) is 0 Å². The Hall–Kier alpha value is -1.09. The Balaban J connectivity index is 1.72. The Morgan fingerprint density at radius 1 is 1.15 bits per heavy atom. The number of rotatable bonds is 3. The second-order valence-electron chi connectivity index (χ2n) is 6.36. The van der Waals surface area contributed by atoms with Crippen molar-refractivity contribution < 1.29 is 4.39 Å². The van der Waals surface area contributed by atoms with E-state index >= 15 is 0 Å². The summed E-state index contributed by atoms with van der Waals surface area (Å²) < 4.78 is 14.3. The van der Waals surface area contributed by atoms with E-state index < -0.39 is 0 Å². The fourth-order valence-corrected chi connectivity index (χ4v) is 3.95. The van der Waals surface area contributed by atoms with Gasteiger partial charge in [-0.05, 0) is 55.3 Å². The Kier molecular flexibility index (Phi) is 4.25. The maximum atomic E-state index is 14.3. The van der Waals surface area contributed by atoms with Gasteiger partial charge in [0.15, 0.2) is 0 Å². The minimum Gasteiger partial charge on any atom is -0.369 e. The molecule has 3 rings (SSSR count). The summed E-state index contributed by atoms with van der Waals surface area (Å²) in [5.74, 6) is 1.59. The van der Waals surface area contributed by atoms with Crippen LogP contribution in [0.25, 0.3) is 0 Å². The highest BCUT2D eigenvalue weighted by Gasteiger charge is 2.31. The Bertz CT molecular complexity index is 460. The highest BCUT2D eigenvalue weighted by Crippen LogP contribution is 2.38. The monoisotopic (exact) mass is 276 g/mol. The average Bonchev–Trinajstić information content (AvgIpc) is 2.47. The van der Waals surface area contributed by atoms with Gasteiger partial charge in [0.05, 0.1) is 5.69 Å². The normalized spacial score (nSPS) is 26.4. The molecular weight excluding hydrogens is 251 g/mol. The minimum atomic E-state index is -0.0785. The molecule has 0 amide bonds. The van der Waals surface area contributed by atoms with E-state index in [0.29, 0.717) is 6.54 Å². The lowest BCUT2D eigenvalue weighted by atomic mass is 9.75. The zero-order valence-electron chi connectivity index (χ0n) is 12.2. The molecule has 20 heavy (non-hydrogen) atoms. The molecule has 3 heteroatoms. The second-order valence-corrected chi connectivity index (χ2v) is 6.36. The van der Waals surface area contributed by atoms with Gasteiger partial charge in [-0.25, -0.2) is 4.39 Å². The first-order chi connectivity index (χ1) is 9.78. The number of halogens is 1. The molecule has 1 aliphatic heterocycles. The van der Waals surface area contributed by atoms with Crippen LogP contribution in [-0.4, -0.2) is 19.6 Å². The van der Waals surface area contributed by atoms with E-state index in [2.05, 4.69) is 4.90 Å². The maximum Gasteiger partial charge on any atom is 0.146 e. The summed E-state index contributed by atoms with van der Waals surface area (Å²) in [6.07, 6.45) is 7.44. The van der Waals surface area contributed by atoms with Crippen LogP contribution in [0, 0.1) is 17.7 Å². The molecule has 0 radical (unpaired) electrons. The molecule has 0 bridgehead atoms. The maximum absolute atomic E-state index is 14.3. The molecule has 0 aromatic heterocycles. The van der Waals surface area contributed by atoms with Crippen LogP contribution < -0.4 is 10.6 Å². The van der Waals surface area contributed by atoms with E-state index in [9.17, 15) is 4.39 Å². The lowest BCUT2D eigenvalue weighted by Gasteiger charge is -2.42. The fraction of sp³-hybridized carbons (Fsp3) is 0.647. The molecule has 1 aliphatic carbocycles. The van der Waals surface area contributed by atoms with Gasteiger partial charge in [-0.15, -0.1) is 0 Å². The van der Waals surface area contributed by atoms with Crippen molar-refractivity contribution in [2.45, 2.75) is 38.5 Å². The second kappa shape index (κ2) is 6.13. The molecule has 1 saturated heterocycles. The van der Waals surface area contributed by atoms with Crippen LogP contribution >= 0.6 is 0 Å². The smallest absolute Gasteiger partial charge is 0.146 e. The zero-order chi connectivity index (χ0) is 13.9. The molecule has 1 heterocycles. The van der Waals surface area contributed by atoms with Gasteiger partial charge in [0.25, 0.3) is 0 Å². The first-order valence-corrected chi connectivity index (χ1v) is 8.01. The van der Waals surface area contributed by atoms with E-state index in [-0.39, 0.29) is 5.82 Å². The number of anilines is 1. The fourth-order valence-electron chi connectivity index (χ4n) is 3.95. The van der Waals surface area contributed by atoms with Gasteiger partial charge < -0.3 is 10.6 Å². The summed E-state index contributed by atoms with van der Waals surface area (Å²) in [6.45, 7) is 2.62. The molecule has 2 aliphatic rings. The van der Waals surface area contributed by atoms with Crippen molar-refractivity contribution in [3.8, 4) is 0 Å². The third-order valence-electron chi connectivity index (χ3n) is 5.08. The van der Waals surface area contributed by atoms with Gasteiger partial charge in [-0.3, -0.25) is 0 Å². The predicted octanol–water partition coefficient (Wildman–Crippen LogP) is 3.34. The van der Waals surface area contributed by atoms with E-state index in [1.165, 1.54) is 32.1 Å². The summed E-state index contributed by atoms with van der Waals surface area (Å²) in [7, 11) is 0. The number of nitrogens with zero attached hydrogens (tertiary/aromatic N) is 1. The molecule has 2 nitrogen and oxygen atoms in total. The topological polar surface area (TPSA) is 29.3 Å². The first kappa shape index (κ1) is 13.9. The van der Waals surface area contributed by atoms with Gasteiger partial charge in [0, 0.05) is 13.1 Å². The standard InChI is InChI=1S/C17H25FN2/c18-16-11-13(7-9-19)5-6-17(16)20-10-8-14-3-1-2-4-15(14)12-20/h5-6,11,14-15H,1-4,7-10,12,19H2. The third-order valence-corrected chi connectivity index (χ3v) is 5.08. The predicted molar refractivity (Wildman–Crippen MR) is 81.4 cm³/mol. The van der Waals surface area contributed by atoms with Crippen molar-refractivity contribution in [3.05, 3.63) is 29.6 Å². The first-order valence-electron chi connectivity index (χ1n) is 8.01. The molecule has 1 saturated carbocycles. The zero-order valence-corrected chi connectivity index (χ0v) is 12.2. The van der Waals surface area contributed by atoms with E-state index in [1.807, 2.05) is 12.1 Å². The van der Waals surface area contributed by atoms with Crippen LogP contribution in [0.4, 0.5) is 10.1 Å². The highest BCUT2D eigenvalue weighted by atomic mass is 19.1. The van der Waals surface area contributed by atoms with Gasteiger partial charge in [-0.2, -0.15) is 0 Å². The largest absolute Gasteiger partial charge is 0.369 e. The Labute approximate surface area is 121 Å². The molecule has 2 unspecified atom stereocenters. The summed E-state index contributed by atoms with van der Waals surface area (Å²) in [6, 6.07) is 5.64. The van der Waals surface area contributed by atoms with Crippen molar-refractivity contribution in [2.75, 3.05) is 24.5 Å². The molecule has 2 fully saturated rings. The van der Waals surface area contributed by atoms with Crippen molar-refractivity contribution in [1.82, 2.24) is 0 Å². The minimum absolute atomic E-state index is 0.0785. The van der Waals surface area contributed by atoms with E-state index in [1.54, 1.807) is 6.07 Å². The van der Waals surface area contributed by atoms with Gasteiger partial charge in [0.1, 0.15) is 5.82 Å². The van der Waals surface area contributed by atoms with Crippen LogP contribution in [0.3, 0.4) is 0 Å². The van der Waals surface area contributed by atoms with Crippen molar-refractivity contribution in [2.24, 2.45) is 17.6 Å². The SMILES string of the molecule is NCCc1ccc(N2CCC3CCCCC3C2)c(F)c1. The Morgan fingerprint density at radius 3 is 2.70 bits per heavy atom. The number of hydrogen-bond donors (Lipinski definition) is 1. The molecular formula is C17H25FN2. The molecule has 0 spiro atoms. The van der Waals surface area contributed by atoms with Crippen LogP contribution in [0.15, 0.2) is 18.2 Å². The van der Waals surface area contributed by atoms with Gasteiger partial charge in [0.2, 0.25) is 0 Å². The van der Waals surface area contributed by atoms with Gasteiger partial charge in [-0.1, -0.05) is 25.3 Å². The lowest BCUT2D eigenvalue weighted by molar-refractivity contribution is 0.202. The van der Waals surface area contributed by atoms with Crippen LogP contribution in [0.2, 0.25) is 0 Å². The quantitative estimate of drug-likeness (QED) is 0.917. The molecule has 2 N–H and O–H groups in total. The van der Waals surface area contributed by atoms with E-state index in [0.717, 1.165) is 42.6 Å². The van der Waals surface area contributed by atoms with Crippen LogP contribution in [0.1, 0.15) is 37.7 Å². The Morgan fingerprint density at radius 2 is 1.95 bits per heavy atom. The summed E-state index contributed by atoms with van der Waals surface area (Å²) >= 11 is 0. The van der Waals surface area contributed by atoms with Crippen molar-refractivity contribution in [3.63, 3.8) is 0 Å². The molecule has 110 valence electrons. The molecule has 2 atom stereocenters. The number of nitrogens with two attached hydrogens (primary N) is 1. The summed E-state index contributed by atoms with van der Waals surface area (Å²) in [5.41, 5.74) is 7.32. The number of fused-ring (bicyclic) bond motifs is 1. The van der Waals surface area contributed by atoms with Crippen molar-refractivity contribution in [1.29, 1.82) is 0 Å². The van der Waals surface area contributed by atoms with Gasteiger partial charge >= 0.3 is 0 Å². The molecule has 1 aromatic rings. The summed E-state index contributed by atoms with van der Waals surface area (Å²) in [5, 5.41) is 0. The number of piperidine rings is 1. The van der Waals surface area contributed by atoms with Crippen LogP contribution in [-0.2, 0) is 6.42 Å². The third kappa shape index (κ3) is 2.83.